The molecule has 2 heterocycles. The Morgan fingerprint density at radius 3 is 2.68 bits per heavy atom. The van der Waals surface area contributed by atoms with E-state index < -0.39 is 28.0 Å². The quantitative estimate of drug-likeness (QED) is 0.556. The molecular weight excluding hydrogens is 330 g/mol. The van der Waals surface area contributed by atoms with Gasteiger partial charge in [-0.3, -0.25) is 24.2 Å². The summed E-state index contributed by atoms with van der Waals surface area (Å²) in [6, 6.07) is 0. The number of methoxy groups -OCH3 is 1. The number of hydrogen-bond donors (Lipinski definition) is 1. The summed E-state index contributed by atoms with van der Waals surface area (Å²) >= 11 is 0. The van der Waals surface area contributed by atoms with Gasteiger partial charge in [0.1, 0.15) is 11.8 Å². The average molecular weight is 351 g/mol. The number of nitrogens with one attached hydrogen (secondary N) is 1. The third-order valence-corrected chi connectivity index (χ3v) is 3.89. The largest absolute Gasteiger partial charge is 0.375 e. The number of aromatic nitrogens is 4. The molecule has 0 aliphatic rings. The van der Waals surface area contributed by atoms with Crippen LogP contribution in [-0.2, 0) is 24.8 Å². The zero-order valence-corrected chi connectivity index (χ0v) is 14.4. The van der Waals surface area contributed by atoms with Crippen LogP contribution in [0.4, 0.5) is 5.69 Å². The fourth-order valence-electron chi connectivity index (χ4n) is 2.60. The third kappa shape index (κ3) is 4.02. The number of aryl methyl sites for hydroxylation is 1. The Labute approximate surface area is 143 Å². The molecular formula is C15H21N5O5. The minimum atomic E-state index is -0.912. The van der Waals surface area contributed by atoms with Crippen molar-refractivity contribution in [2.75, 3.05) is 7.11 Å². The maximum Gasteiger partial charge on any atom is 0.356 e. The normalized spacial score (nSPS) is 12.3. The molecule has 0 saturated carbocycles. The Hall–Kier alpha value is -2.75. The zero-order chi connectivity index (χ0) is 18.6. The molecule has 0 spiro atoms. The number of hydrogen-bond acceptors (Lipinski definition) is 6. The van der Waals surface area contributed by atoms with Crippen LogP contribution in [-0.4, -0.2) is 31.4 Å². The molecule has 0 amide bonds. The van der Waals surface area contributed by atoms with E-state index in [1.54, 1.807) is 24.1 Å². The van der Waals surface area contributed by atoms with Crippen molar-refractivity contribution in [3.8, 4) is 0 Å². The van der Waals surface area contributed by atoms with Crippen molar-refractivity contribution in [3.05, 3.63) is 54.6 Å². The Morgan fingerprint density at radius 2 is 2.16 bits per heavy atom. The molecule has 136 valence electrons. The lowest BCUT2D eigenvalue weighted by atomic mass is 10.1. The second-order valence-corrected chi connectivity index (χ2v) is 5.71. The van der Waals surface area contributed by atoms with Crippen LogP contribution < -0.4 is 11.2 Å². The van der Waals surface area contributed by atoms with Gasteiger partial charge in [0.25, 0.3) is 0 Å². The second kappa shape index (κ2) is 7.88. The average Bonchev–Trinajstić information content (AvgIpc) is 2.96. The molecule has 10 nitrogen and oxygen atoms in total. The summed E-state index contributed by atoms with van der Waals surface area (Å²) in [4.78, 5) is 37.8. The molecule has 0 aliphatic heterocycles. The summed E-state index contributed by atoms with van der Waals surface area (Å²) in [5.41, 5.74) is -1.61. The third-order valence-electron chi connectivity index (χ3n) is 3.89. The van der Waals surface area contributed by atoms with Gasteiger partial charge in [-0.25, -0.2) is 4.79 Å². The highest BCUT2D eigenvalue weighted by atomic mass is 16.6. The number of unbranched alkanes of at least 4 members (excludes halogenated alkanes) is 1. The van der Waals surface area contributed by atoms with Crippen LogP contribution in [0, 0.1) is 10.1 Å². The Morgan fingerprint density at radius 1 is 1.44 bits per heavy atom. The van der Waals surface area contributed by atoms with Gasteiger partial charge < -0.3 is 9.72 Å². The second-order valence-electron chi connectivity index (χ2n) is 5.71. The maximum atomic E-state index is 12.5. The van der Waals surface area contributed by atoms with Crippen LogP contribution in [0.2, 0.25) is 0 Å². The van der Waals surface area contributed by atoms with E-state index in [0.717, 1.165) is 16.6 Å². The summed E-state index contributed by atoms with van der Waals surface area (Å²) in [5, 5.41) is 15.5. The summed E-state index contributed by atoms with van der Waals surface area (Å²) in [7, 11) is 3.11. The first kappa shape index (κ1) is 18.6. The minimum Gasteiger partial charge on any atom is -0.375 e. The maximum absolute atomic E-state index is 12.5. The van der Waals surface area contributed by atoms with Gasteiger partial charge in [0.15, 0.2) is 0 Å². The Bertz CT molecular complexity index is 866. The topological polar surface area (TPSA) is 125 Å². The van der Waals surface area contributed by atoms with Gasteiger partial charge in [0.05, 0.1) is 11.1 Å². The first-order valence-corrected chi connectivity index (χ1v) is 7.90. The predicted octanol–water partition coefficient (Wildman–Crippen LogP) is 0.909. The molecule has 1 unspecified atom stereocenters. The van der Waals surface area contributed by atoms with E-state index >= 15 is 0 Å². The molecule has 0 radical (unpaired) electrons. The van der Waals surface area contributed by atoms with Crippen molar-refractivity contribution in [2.45, 2.75) is 38.8 Å². The van der Waals surface area contributed by atoms with E-state index in [2.05, 4.69) is 10.1 Å². The van der Waals surface area contributed by atoms with Gasteiger partial charge in [0.2, 0.25) is 0 Å². The standard InChI is InChI=1S/C15H21N5O5/c1-4-5-6-19-14(21)13(20(23)24)12(17-15(19)22)11(25-3)7-10-8-16-18(2)9-10/h8-9,11H,4-7H2,1-3H3,(H,17,22). The van der Waals surface area contributed by atoms with Crippen molar-refractivity contribution in [1.29, 1.82) is 0 Å². The molecule has 2 rings (SSSR count). The monoisotopic (exact) mass is 351 g/mol. The van der Waals surface area contributed by atoms with Gasteiger partial charge in [0, 0.05) is 33.3 Å². The van der Waals surface area contributed by atoms with Gasteiger partial charge in [-0.15, -0.1) is 0 Å². The molecule has 0 bridgehead atoms. The number of ether oxygens (including phenoxy) is 1. The van der Waals surface area contributed by atoms with Gasteiger partial charge in [-0.05, 0) is 12.0 Å². The molecule has 10 heteroatoms. The van der Waals surface area contributed by atoms with E-state index in [1.165, 1.54) is 7.11 Å². The van der Waals surface area contributed by atoms with Crippen LogP contribution in [0.15, 0.2) is 22.0 Å². The highest BCUT2D eigenvalue weighted by molar-refractivity contribution is 5.34. The minimum absolute atomic E-state index is 0.126. The summed E-state index contributed by atoms with van der Waals surface area (Å²) < 4.78 is 7.76. The lowest BCUT2D eigenvalue weighted by Crippen LogP contribution is -2.38. The van der Waals surface area contributed by atoms with Crippen molar-refractivity contribution in [1.82, 2.24) is 19.3 Å². The Kier molecular flexibility index (Phi) is 5.86. The van der Waals surface area contributed by atoms with Crippen molar-refractivity contribution >= 4 is 5.69 Å². The van der Waals surface area contributed by atoms with Crippen LogP contribution in [0.5, 0.6) is 0 Å². The molecule has 2 aromatic heterocycles. The molecule has 1 atom stereocenters. The lowest BCUT2D eigenvalue weighted by molar-refractivity contribution is -0.388. The summed E-state index contributed by atoms with van der Waals surface area (Å²) in [6.07, 6.45) is 4.05. The number of nitrogens with zero attached hydrogens (tertiary/aromatic N) is 4. The molecule has 2 aromatic rings. The fourth-order valence-corrected chi connectivity index (χ4v) is 2.60. The van der Waals surface area contributed by atoms with E-state index in [9.17, 15) is 19.7 Å². The van der Waals surface area contributed by atoms with Crippen LogP contribution in [0.1, 0.15) is 37.1 Å². The first-order valence-electron chi connectivity index (χ1n) is 7.90. The van der Waals surface area contributed by atoms with Gasteiger partial charge >= 0.3 is 16.9 Å². The van der Waals surface area contributed by atoms with Crippen molar-refractivity contribution < 1.29 is 9.66 Å². The highest BCUT2D eigenvalue weighted by Crippen LogP contribution is 2.24. The van der Waals surface area contributed by atoms with E-state index in [4.69, 9.17) is 4.74 Å². The molecule has 0 aliphatic carbocycles. The van der Waals surface area contributed by atoms with E-state index in [-0.39, 0.29) is 18.7 Å². The van der Waals surface area contributed by atoms with Crippen molar-refractivity contribution in [3.63, 3.8) is 0 Å². The smallest absolute Gasteiger partial charge is 0.356 e. The summed E-state index contributed by atoms with van der Waals surface area (Å²) in [5.74, 6) is 0. The Balaban J connectivity index is 2.52. The number of nitro groups is 1. The van der Waals surface area contributed by atoms with Crippen LogP contribution >= 0.6 is 0 Å². The van der Waals surface area contributed by atoms with Crippen LogP contribution in [0.3, 0.4) is 0 Å². The van der Waals surface area contributed by atoms with E-state index in [1.807, 2.05) is 6.92 Å². The SMILES string of the molecule is CCCCn1c(=O)[nH]c(C(Cc2cnn(C)c2)OC)c([N+](=O)[O-])c1=O. The van der Waals surface area contributed by atoms with Gasteiger partial charge in [-0.1, -0.05) is 13.3 Å². The predicted molar refractivity (Wildman–Crippen MR) is 89.5 cm³/mol. The van der Waals surface area contributed by atoms with Crippen molar-refractivity contribution in [2.24, 2.45) is 7.05 Å². The lowest BCUT2D eigenvalue weighted by Gasteiger charge is -2.15. The first-order chi connectivity index (χ1) is 11.9. The number of rotatable bonds is 8. The molecule has 0 fully saturated rings. The molecule has 1 N–H and O–H groups in total. The number of aromatic amines is 1. The fraction of sp³-hybridized carbons (Fsp3) is 0.533. The number of H-pyrrole nitrogens is 1. The molecule has 0 saturated heterocycles. The van der Waals surface area contributed by atoms with Crippen LogP contribution in [0.25, 0.3) is 0 Å². The molecule has 0 aromatic carbocycles. The zero-order valence-electron chi connectivity index (χ0n) is 14.4. The van der Waals surface area contributed by atoms with Gasteiger partial charge in [-0.2, -0.15) is 5.10 Å². The highest BCUT2D eigenvalue weighted by Gasteiger charge is 2.30. The summed E-state index contributed by atoms with van der Waals surface area (Å²) in [6.45, 7) is 2.03. The van der Waals surface area contributed by atoms with E-state index in [0.29, 0.717) is 6.42 Å². The molecule has 25 heavy (non-hydrogen) atoms.